The van der Waals surface area contributed by atoms with Gasteiger partial charge in [0, 0.05) is 17.2 Å². The first-order chi connectivity index (χ1) is 5.88. The molecule has 60 valence electrons. The Bertz CT molecular complexity index is 365. The Labute approximate surface area is 78.4 Å². The van der Waals surface area contributed by atoms with Gasteiger partial charge in [0.2, 0.25) is 0 Å². The number of hydrogen-bond donors (Lipinski definition) is 0. The molecule has 0 aromatic heterocycles. The van der Waals surface area contributed by atoms with Crippen molar-refractivity contribution in [2.45, 2.75) is 0 Å². The van der Waals surface area contributed by atoms with Gasteiger partial charge in [-0.05, 0) is 20.6 Å². The minimum Gasteiger partial charge on any atom is -0.248 e. The van der Waals surface area contributed by atoms with E-state index in [4.69, 9.17) is 11.2 Å². The molecule has 0 spiro atoms. The number of rotatable bonds is 1. The SMILES string of the molecule is S=S1C=CN=C1c1ccccc1. The van der Waals surface area contributed by atoms with Crippen molar-refractivity contribution in [1.82, 2.24) is 0 Å². The van der Waals surface area contributed by atoms with Crippen molar-refractivity contribution in [2.75, 3.05) is 0 Å². The fourth-order valence-electron chi connectivity index (χ4n) is 1.04. The number of hydrogen-bond acceptors (Lipinski definition) is 2. The standard InChI is InChI=1S/C9H7NS2/c11-12-7-6-10-9(12)8-4-2-1-3-5-8/h1-7H. The fourth-order valence-corrected chi connectivity index (χ4v) is 2.44. The first-order valence-electron chi connectivity index (χ1n) is 3.58. The summed E-state index contributed by atoms with van der Waals surface area (Å²) in [4.78, 5) is 4.23. The first kappa shape index (κ1) is 7.83. The zero-order valence-electron chi connectivity index (χ0n) is 6.31. The normalized spacial score (nSPS) is 21.0. The highest BCUT2D eigenvalue weighted by Crippen LogP contribution is 2.10. The molecular formula is C9H7NS2. The van der Waals surface area contributed by atoms with E-state index in [1.54, 1.807) is 6.20 Å². The highest BCUT2D eigenvalue weighted by molar-refractivity contribution is 8.39. The largest absolute Gasteiger partial charge is 0.248 e. The molecule has 12 heavy (non-hydrogen) atoms. The molecule has 1 heterocycles. The molecule has 0 saturated heterocycles. The van der Waals surface area contributed by atoms with Crippen LogP contribution in [-0.4, -0.2) is 5.04 Å². The van der Waals surface area contributed by atoms with E-state index in [-0.39, 0.29) is 9.45 Å². The summed E-state index contributed by atoms with van der Waals surface area (Å²) in [6.07, 6.45) is 1.79. The predicted octanol–water partition coefficient (Wildman–Crippen LogP) is 2.00. The summed E-state index contributed by atoms with van der Waals surface area (Å²) in [6.45, 7) is 0. The third kappa shape index (κ3) is 1.38. The lowest BCUT2D eigenvalue weighted by Crippen LogP contribution is -2.01. The molecule has 1 atom stereocenters. The van der Waals surface area contributed by atoms with Crippen molar-refractivity contribution in [1.29, 1.82) is 0 Å². The van der Waals surface area contributed by atoms with Crippen molar-refractivity contribution in [3.63, 3.8) is 0 Å². The number of benzene rings is 1. The van der Waals surface area contributed by atoms with E-state index in [9.17, 15) is 0 Å². The van der Waals surface area contributed by atoms with Crippen molar-refractivity contribution in [2.24, 2.45) is 4.99 Å². The van der Waals surface area contributed by atoms with E-state index >= 15 is 0 Å². The van der Waals surface area contributed by atoms with E-state index < -0.39 is 0 Å². The Morgan fingerprint density at radius 2 is 1.92 bits per heavy atom. The second kappa shape index (κ2) is 3.29. The maximum atomic E-state index is 5.22. The zero-order valence-corrected chi connectivity index (χ0v) is 7.94. The van der Waals surface area contributed by atoms with Crippen molar-refractivity contribution >= 4 is 25.7 Å². The van der Waals surface area contributed by atoms with E-state index in [0.29, 0.717) is 0 Å². The third-order valence-corrected chi connectivity index (χ3v) is 3.49. The molecule has 1 unspecified atom stereocenters. The lowest BCUT2D eigenvalue weighted by atomic mass is 10.2. The van der Waals surface area contributed by atoms with Crippen LogP contribution in [0.25, 0.3) is 0 Å². The average Bonchev–Trinajstić information content (AvgIpc) is 2.53. The van der Waals surface area contributed by atoms with Gasteiger partial charge in [-0.3, -0.25) is 0 Å². The molecule has 0 amide bonds. The van der Waals surface area contributed by atoms with Crippen molar-refractivity contribution in [3.8, 4) is 0 Å². The highest BCUT2D eigenvalue weighted by atomic mass is 32.8. The molecular weight excluding hydrogens is 186 g/mol. The molecule has 0 radical (unpaired) electrons. The van der Waals surface area contributed by atoms with Gasteiger partial charge >= 0.3 is 0 Å². The van der Waals surface area contributed by atoms with E-state index in [1.165, 1.54) is 0 Å². The molecule has 0 saturated carbocycles. The summed E-state index contributed by atoms with van der Waals surface area (Å²) < 4.78 is 0. The summed E-state index contributed by atoms with van der Waals surface area (Å²) in [5, 5.41) is 2.98. The first-order valence-corrected chi connectivity index (χ1v) is 5.80. The third-order valence-electron chi connectivity index (χ3n) is 1.59. The highest BCUT2D eigenvalue weighted by Gasteiger charge is 2.08. The monoisotopic (exact) mass is 193 g/mol. The molecule has 3 heteroatoms. The van der Waals surface area contributed by atoms with E-state index in [1.807, 2.05) is 35.7 Å². The molecule has 1 aromatic carbocycles. The minimum absolute atomic E-state index is 0.209. The van der Waals surface area contributed by atoms with Crippen LogP contribution in [0.5, 0.6) is 0 Å². The Balaban J connectivity index is 2.40. The van der Waals surface area contributed by atoms with Crippen LogP contribution in [0.15, 0.2) is 46.9 Å². The van der Waals surface area contributed by atoms with E-state index in [0.717, 1.165) is 10.6 Å². The smallest absolute Gasteiger partial charge is 0.111 e. The van der Waals surface area contributed by atoms with Crippen LogP contribution in [0.4, 0.5) is 0 Å². The van der Waals surface area contributed by atoms with Crippen LogP contribution in [0, 0.1) is 0 Å². The Morgan fingerprint density at radius 1 is 1.17 bits per heavy atom. The maximum absolute atomic E-state index is 5.22. The fraction of sp³-hybridized carbons (Fsp3) is 0. The molecule has 1 aliphatic heterocycles. The van der Waals surface area contributed by atoms with Gasteiger partial charge in [0.15, 0.2) is 0 Å². The van der Waals surface area contributed by atoms with Crippen LogP contribution < -0.4 is 0 Å². The summed E-state index contributed by atoms with van der Waals surface area (Å²) >= 11 is 5.22. The molecule has 0 bridgehead atoms. The van der Waals surface area contributed by atoms with Gasteiger partial charge in [0.1, 0.15) is 5.04 Å². The lowest BCUT2D eigenvalue weighted by molar-refractivity contribution is 1.58. The molecule has 1 aliphatic rings. The summed E-state index contributed by atoms with van der Waals surface area (Å²) in [5.41, 5.74) is 1.14. The Kier molecular flexibility index (Phi) is 2.15. The Hall–Kier alpha value is -0.800. The molecule has 1 aromatic rings. The van der Waals surface area contributed by atoms with Gasteiger partial charge in [-0.25, -0.2) is 4.99 Å². The summed E-state index contributed by atoms with van der Waals surface area (Å²) in [7, 11) is -0.209. The van der Waals surface area contributed by atoms with Crippen LogP contribution in [0.2, 0.25) is 0 Å². The topological polar surface area (TPSA) is 12.4 Å². The Morgan fingerprint density at radius 3 is 2.50 bits per heavy atom. The number of aliphatic imine (C=N–C) groups is 1. The maximum Gasteiger partial charge on any atom is 0.111 e. The van der Waals surface area contributed by atoms with Gasteiger partial charge < -0.3 is 0 Å². The molecule has 1 nitrogen and oxygen atoms in total. The van der Waals surface area contributed by atoms with Crippen LogP contribution >= 0.6 is 0 Å². The minimum atomic E-state index is -0.209. The van der Waals surface area contributed by atoms with Gasteiger partial charge in [0.05, 0.1) is 0 Å². The predicted molar refractivity (Wildman–Crippen MR) is 56.8 cm³/mol. The van der Waals surface area contributed by atoms with E-state index in [2.05, 4.69) is 4.99 Å². The van der Waals surface area contributed by atoms with Crippen molar-refractivity contribution in [3.05, 3.63) is 47.5 Å². The number of nitrogens with zero attached hydrogens (tertiary/aromatic N) is 1. The quantitative estimate of drug-likeness (QED) is 0.664. The summed E-state index contributed by atoms with van der Waals surface area (Å²) in [6, 6.07) is 10.1. The average molecular weight is 193 g/mol. The second-order valence-electron chi connectivity index (χ2n) is 2.38. The zero-order chi connectivity index (χ0) is 8.39. The van der Waals surface area contributed by atoms with Gasteiger partial charge in [-0.2, -0.15) is 0 Å². The molecule has 2 rings (SSSR count). The van der Waals surface area contributed by atoms with Crippen molar-refractivity contribution < 1.29 is 0 Å². The molecule has 0 fully saturated rings. The molecule has 0 N–H and O–H groups in total. The van der Waals surface area contributed by atoms with Gasteiger partial charge in [-0.15, -0.1) is 0 Å². The van der Waals surface area contributed by atoms with Gasteiger partial charge in [0.25, 0.3) is 0 Å². The second-order valence-corrected chi connectivity index (χ2v) is 4.71. The van der Waals surface area contributed by atoms with Crippen LogP contribution in [0.1, 0.15) is 5.56 Å². The molecule has 0 aliphatic carbocycles. The lowest BCUT2D eigenvalue weighted by Gasteiger charge is -1.99. The van der Waals surface area contributed by atoms with Gasteiger partial charge in [-0.1, -0.05) is 30.3 Å². The van der Waals surface area contributed by atoms with Crippen LogP contribution in [0.3, 0.4) is 0 Å². The summed E-state index contributed by atoms with van der Waals surface area (Å²) in [5.74, 6) is 0. The van der Waals surface area contributed by atoms with Crippen LogP contribution in [-0.2, 0) is 20.6 Å².